The second kappa shape index (κ2) is 4.55. The van der Waals surface area contributed by atoms with Crippen LogP contribution >= 0.6 is 0 Å². The molecule has 2 N–H and O–H groups in total. The fourth-order valence-electron chi connectivity index (χ4n) is 0.373. The fraction of sp³-hybridized carbons (Fsp3) is 0.333. The lowest BCUT2D eigenvalue weighted by Crippen LogP contribution is -2.27. The number of nitrogens with one attached hydrogen (secondary N) is 1. The monoisotopic (exact) mass is 143 g/mol. The number of rotatable bonds is 3. The third kappa shape index (κ3) is 4.83. The third-order valence-corrected chi connectivity index (χ3v) is 0.732. The van der Waals surface area contributed by atoms with Crippen LogP contribution in [0.3, 0.4) is 0 Å². The van der Waals surface area contributed by atoms with E-state index >= 15 is 0 Å². The van der Waals surface area contributed by atoms with E-state index in [1.54, 1.807) is 6.92 Å². The van der Waals surface area contributed by atoms with Gasteiger partial charge in [0.1, 0.15) is 6.54 Å². The van der Waals surface area contributed by atoms with Crippen LogP contribution in [-0.2, 0) is 9.59 Å². The van der Waals surface area contributed by atoms with Gasteiger partial charge in [-0.1, -0.05) is 6.08 Å². The van der Waals surface area contributed by atoms with Gasteiger partial charge in [-0.2, -0.15) is 0 Å². The van der Waals surface area contributed by atoms with Crippen molar-refractivity contribution in [2.24, 2.45) is 0 Å². The number of carboxylic acid groups (broad SMARTS) is 1. The molecule has 1 amide bonds. The van der Waals surface area contributed by atoms with Gasteiger partial charge < -0.3 is 10.4 Å². The van der Waals surface area contributed by atoms with Gasteiger partial charge in [0, 0.05) is 0 Å². The van der Waals surface area contributed by atoms with Gasteiger partial charge >= 0.3 is 5.97 Å². The molecule has 0 spiro atoms. The highest BCUT2D eigenvalue weighted by molar-refractivity contribution is 5.89. The molecule has 4 heteroatoms. The Balaban J connectivity index is 3.50. The molecule has 0 heterocycles. The molecule has 0 fully saturated rings. The van der Waals surface area contributed by atoms with Gasteiger partial charge in [-0.25, -0.2) is 0 Å². The number of amides is 1. The van der Waals surface area contributed by atoms with Crippen molar-refractivity contribution in [2.45, 2.75) is 6.92 Å². The maximum Gasteiger partial charge on any atom is 0.322 e. The van der Waals surface area contributed by atoms with Crippen LogP contribution in [0.2, 0.25) is 0 Å². The first-order valence-corrected chi connectivity index (χ1v) is 2.79. The summed E-state index contributed by atoms with van der Waals surface area (Å²) < 4.78 is 0. The summed E-state index contributed by atoms with van der Waals surface area (Å²) in [6.45, 7) is 1.35. The molecular formula is C6H9NO3. The Labute approximate surface area is 58.5 Å². The summed E-state index contributed by atoms with van der Waals surface area (Å²) in [4.78, 5) is 20.4. The smallest absolute Gasteiger partial charge is 0.322 e. The number of allylic oxidation sites excluding steroid dienone is 1. The van der Waals surface area contributed by atoms with Gasteiger partial charge in [0.15, 0.2) is 0 Å². The molecule has 0 rings (SSSR count). The van der Waals surface area contributed by atoms with Gasteiger partial charge in [-0.15, -0.1) is 0 Å². The van der Waals surface area contributed by atoms with Crippen LogP contribution in [0.4, 0.5) is 0 Å². The van der Waals surface area contributed by atoms with Crippen molar-refractivity contribution in [3.8, 4) is 0 Å². The minimum Gasteiger partial charge on any atom is -0.480 e. The average Bonchev–Trinajstić information content (AvgIpc) is 1.85. The Morgan fingerprint density at radius 1 is 1.60 bits per heavy atom. The zero-order valence-electron chi connectivity index (χ0n) is 5.63. The zero-order chi connectivity index (χ0) is 7.98. The molecule has 0 aliphatic rings. The highest BCUT2D eigenvalue weighted by Gasteiger charge is 1.97. The lowest BCUT2D eigenvalue weighted by atomic mass is 10.5. The van der Waals surface area contributed by atoms with Gasteiger partial charge in [-0.05, 0) is 13.0 Å². The summed E-state index contributed by atoms with van der Waals surface area (Å²) in [5.41, 5.74) is 0. The van der Waals surface area contributed by atoms with Gasteiger partial charge in [-0.3, -0.25) is 9.59 Å². The minimum atomic E-state index is -1.04. The number of aliphatic carboxylic acids is 1. The van der Waals surface area contributed by atoms with E-state index in [0.29, 0.717) is 0 Å². The van der Waals surface area contributed by atoms with Crippen LogP contribution < -0.4 is 5.32 Å². The van der Waals surface area contributed by atoms with E-state index in [1.165, 1.54) is 12.2 Å². The van der Waals surface area contributed by atoms with Crippen molar-refractivity contribution in [3.05, 3.63) is 12.2 Å². The molecule has 56 valence electrons. The van der Waals surface area contributed by atoms with Crippen molar-refractivity contribution < 1.29 is 14.7 Å². The number of hydrogen-bond donors (Lipinski definition) is 2. The van der Waals surface area contributed by atoms with Crippen LogP contribution in [-0.4, -0.2) is 23.5 Å². The predicted molar refractivity (Wildman–Crippen MR) is 35.5 cm³/mol. The zero-order valence-corrected chi connectivity index (χ0v) is 5.63. The highest BCUT2D eigenvalue weighted by Crippen LogP contribution is 1.70. The summed E-state index contributed by atoms with van der Waals surface area (Å²) in [6.07, 6.45) is 2.81. The molecule has 0 aromatic carbocycles. The van der Waals surface area contributed by atoms with E-state index in [4.69, 9.17) is 5.11 Å². The molecule has 10 heavy (non-hydrogen) atoms. The van der Waals surface area contributed by atoms with Crippen molar-refractivity contribution >= 4 is 11.9 Å². The van der Waals surface area contributed by atoms with Gasteiger partial charge in [0.05, 0.1) is 0 Å². The predicted octanol–water partition coefficient (Wildman–Crippen LogP) is -0.237. The number of hydrogen-bond acceptors (Lipinski definition) is 2. The van der Waals surface area contributed by atoms with Crippen LogP contribution in [0.15, 0.2) is 12.2 Å². The molecule has 0 unspecified atom stereocenters. The SMILES string of the molecule is CC=CC(=O)NCC(=O)O. The first kappa shape index (κ1) is 8.68. The van der Waals surface area contributed by atoms with Crippen molar-refractivity contribution in [2.75, 3.05) is 6.54 Å². The molecule has 0 aromatic heterocycles. The van der Waals surface area contributed by atoms with E-state index in [2.05, 4.69) is 5.32 Å². The van der Waals surface area contributed by atoms with Gasteiger partial charge in [0.25, 0.3) is 0 Å². The fourth-order valence-corrected chi connectivity index (χ4v) is 0.373. The van der Waals surface area contributed by atoms with E-state index in [0.717, 1.165) is 0 Å². The first-order chi connectivity index (χ1) is 4.66. The molecule has 0 atom stereocenters. The molecule has 0 aliphatic heterocycles. The molecule has 0 aliphatic carbocycles. The quantitative estimate of drug-likeness (QED) is 0.536. The summed E-state index contributed by atoms with van der Waals surface area (Å²) >= 11 is 0. The van der Waals surface area contributed by atoms with Crippen LogP contribution in [0, 0.1) is 0 Å². The van der Waals surface area contributed by atoms with Crippen molar-refractivity contribution in [3.63, 3.8) is 0 Å². The Kier molecular flexibility index (Phi) is 3.95. The summed E-state index contributed by atoms with van der Waals surface area (Å²) in [6, 6.07) is 0. The normalized spacial score (nSPS) is 9.70. The lowest BCUT2D eigenvalue weighted by Gasteiger charge is -1.94. The standard InChI is InChI=1S/C6H9NO3/c1-2-3-5(8)7-4-6(9)10/h2-3H,4H2,1H3,(H,7,8)(H,9,10). The molecule has 4 nitrogen and oxygen atoms in total. The van der Waals surface area contributed by atoms with Crippen LogP contribution in [0.1, 0.15) is 6.92 Å². The summed E-state index contributed by atoms with van der Waals surface area (Å²) in [5.74, 6) is -1.43. The largest absolute Gasteiger partial charge is 0.480 e. The lowest BCUT2D eigenvalue weighted by molar-refractivity contribution is -0.137. The van der Waals surface area contributed by atoms with Crippen LogP contribution in [0.5, 0.6) is 0 Å². The molecular weight excluding hydrogens is 134 g/mol. The Hall–Kier alpha value is -1.32. The summed E-state index contributed by atoms with van der Waals surface area (Å²) in [5, 5.41) is 10.2. The summed E-state index contributed by atoms with van der Waals surface area (Å²) in [7, 11) is 0. The van der Waals surface area contributed by atoms with E-state index in [9.17, 15) is 9.59 Å². The number of carboxylic acids is 1. The molecule has 0 saturated carbocycles. The molecule has 0 bridgehead atoms. The average molecular weight is 143 g/mol. The second-order valence-electron chi connectivity index (χ2n) is 1.61. The maximum atomic E-state index is 10.5. The topological polar surface area (TPSA) is 66.4 Å². The number of carbonyl (C=O) groups excluding carboxylic acids is 1. The molecule has 0 saturated heterocycles. The first-order valence-electron chi connectivity index (χ1n) is 2.79. The number of carbonyl (C=O) groups is 2. The molecule has 0 aromatic rings. The van der Waals surface area contributed by atoms with Crippen molar-refractivity contribution in [1.29, 1.82) is 0 Å². The minimum absolute atomic E-state index is 0.330. The van der Waals surface area contributed by atoms with E-state index < -0.39 is 5.97 Å². The van der Waals surface area contributed by atoms with Crippen LogP contribution in [0.25, 0.3) is 0 Å². The molecule has 0 radical (unpaired) electrons. The second-order valence-corrected chi connectivity index (χ2v) is 1.61. The van der Waals surface area contributed by atoms with E-state index in [-0.39, 0.29) is 12.5 Å². The Morgan fingerprint density at radius 3 is 2.60 bits per heavy atom. The highest BCUT2D eigenvalue weighted by atomic mass is 16.4. The van der Waals surface area contributed by atoms with E-state index in [1.807, 2.05) is 0 Å². The maximum absolute atomic E-state index is 10.5. The third-order valence-electron chi connectivity index (χ3n) is 0.732. The Morgan fingerprint density at radius 2 is 2.20 bits per heavy atom. The Bertz CT molecular complexity index is 162. The van der Waals surface area contributed by atoms with Crippen molar-refractivity contribution in [1.82, 2.24) is 5.32 Å². The van der Waals surface area contributed by atoms with Gasteiger partial charge in [0.2, 0.25) is 5.91 Å².